The maximum absolute atomic E-state index is 11.4. The lowest BCUT2D eigenvalue weighted by atomic mass is 9.89. The second-order valence-corrected chi connectivity index (χ2v) is 5.64. The predicted molar refractivity (Wildman–Crippen MR) is 81.4 cm³/mol. The second kappa shape index (κ2) is 6.11. The molecule has 1 aromatic carbocycles. The standard InChI is InChI=1S/C15H21N3O3/c1-3-11-7-8-17(10(2)9-11)13-6-4-5-12(15(16)19)14(13)18(20)21/h4-6,10-11H,3,7-9H2,1-2H3,(H2,16,19). The van der Waals surface area contributed by atoms with Crippen molar-refractivity contribution in [3.8, 4) is 0 Å². The van der Waals surface area contributed by atoms with E-state index in [1.54, 1.807) is 12.1 Å². The number of carbonyl (C=O) groups excluding carboxylic acids is 1. The molecule has 2 unspecified atom stereocenters. The predicted octanol–water partition coefficient (Wildman–Crippen LogP) is 2.71. The first-order chi connectivity index (χ1) is 9.95. The number of anilines is 1. The summed E-state index contributed by atoms with van der Waals surface area (Å²) in [7, 11) is 0. The smallest absolute Gasteiger partial charge is 0.305 e. The Balaban J connectivity index is 2.42. The van der Waals surface area contributed by atoms with Crippen LogP contribution in [0, 0.1) is 16.0 Å². The van der Waals surface area contributed by atoms with E-state index in [1.807, 2.05) is 4.90 Å². The number of nitro benzene ring substituents is 1. The van der Waals surface area contributed by atoms with Crippen molar-refractivity contribution in [1.82, 2.24) is 0 Å². The summed E-state index contributed by atoms with van der Waals surface area (Å²) in [5.41, 5.74) is 5.57. The summed E-state index contributed by atoms with van der Waals surface area (Å²) in [6.07, 6.45) is 3.15. The summed E-state index contributed by atoms with van der Waals surface area (Å²) in [6.45, 7) is 5.01. The van der Waals surface area contributed by atoms with Crippen LogP contribution in [-0.4, -0.2) is 23.4 Å². The van der Waals surface area contributed by atoms with Gasteiger partial charge >= 0.3 is 5.69 Å². The van der Waals surface area contributed by atoms with Crippen LogP contribution in [0.3, 0.4) is 0 Å². The number of benzene rings is 1. The van der Waals surface area contributed by atoms with Gasteiger partial charge in [0.05, 0.1) is 4.92 Å². The third-order valence-corrected chi connectivity index (χ3v) is 4.33. The monoisotopic (exact) mass is 291 g/mol. The molecule has 1 aliphatic heterocycles. The molecule has 1 aliphatic rings. The lowest BCUT2D eigenvalue weighted by molar-refractivity contribution is -0.384. The number of hydrogen-bond donors (Lipinski definition) is 1. The van der Waals surface area contributed by atoms with Gasteiger partial charge in [-0.2, -0.15) is 0 Å². The lowest BCUT2D eigenvalue weighted by Crippen LogP contribution is -2.41. The first kappa shape index (κ1) is 15.3. The van der Waals surface area contributed by atoms with Crippen LogP contribution in [0.25, 0.3) is 0 Å². The largest absolute Gasteiger partial charge is 0.365 e. The minimum absolute atomic E-state index is 0.0256. The molecule has 1 fully saturated rings. The number of nitrogens with zero attached hydrogens (tertiary/aromatic N) is 2. The van der Waals surface area contributed by atoms with Crippen molar-refractivity contribution in [2.75, 3.05) is 11.4 Å². The van der Waals surface area contributed by atoms with Gasteiger partial charge in [-0.3, -0.25) is 14.9 Å². The second-order valence-electron chi connectivity index (χ2n) is 5.64. The Bertz CT molecular complexity index is 559. The zero-order valence-electron chi connectivity index (χ0n) is 12.4. The minimum atomic E-state index is -0.764. The van der Waals surface area contributed by atoms with Crippen LogP contribution < -0.4 is 10.6 Å². The number of carbonyl (C=O) groups is 1. The van der Waals surface area contributed by atoms with E-state index in [-0.39, 0.29) is 17.3 Å². The molecule has 0 radical (unpaired) electrons. The van der Waals surface area contributed by atoms with E-state index >= 15 is 0 Å². The molecule has 1 saturated heterocycles. The molecule has 1 heterocycles. The zero-order valence-corrected chi connectivity index (χ0v) is 12.4. The molecular formula is C15H21N3O3. The third-order valence-electron chi connectivity index (χ3n) is 4.33. The number of primary amides is 1. The first-order valence-electron chi connectivity index (χ1n) is 7.29. The fraction of sp³-hybridized carbons (Fsp3) is 0.533. The van der Waals surface area contributed by atoms with E-state index < -0.39 is 10.8 Å². The van der Waals surface area contributed by atoms with Crippen molar-refractivity contribution in [3.63, 3.8) is 0 Å². The molecular weight excluding hydrogens is 270 g/mol. The van der Waals surface area contributed by atoms with Gasteiger partial charge in [0.2, 0.25) is 0 Å². The molecule has 0 saturated carbocycles. The van der Waals surface area contributed by atoms with Crippen LogP contribution in [0.1, 0.15) is 43.5 Å². The van der Waals surface area contributed by atoms with Crippen molar-refractivity contribution >= 4 is 17.3 Å². The Morgan fingerprint density at radius 1 is 1.52 bits per heavy atom. The van der Waals surface area contributed by atoms with Gasteiger partial charge in [-0.25, -0.2) is 0 Å². The number of nitro groups is 1. The van der Waals surface area contributed by atoms with Gasteiger partial charge in [0, 0.05) is 12.6 Å². The number of hydrogen-bond acceptors (Lipinski definition) is 4. The van der Waals surface area contributed by atoms with E-state index in [2.05, 4.69) is 13.8 Å². The average Bonchev–Trinajstić information content (AvgIpc) is 2.46. The van der Waals surface area contributed by atoms with Gasteiger partial charge in [0.25, 0.3) is 5.91 Å². The molecule has 2 atom stereocenters. The highest BCUT2D eigenvalue weighted by Crippen LogP contribution is 2.37. The highest BCUT2D eigenvalue weighted by atomic mass is 16.6. The van der Waals surface area contributed by atoms with E-state index in [4.69, 9.17) is 5.73 Å². The van der Waals surface area contributed by atoms with Gasteiger partial charge in [-0.1, -0.05) is 19.4 Å². The summed E-state index contributed by atoms with van der Waals surface area (Å²) in [6, 6.07) is 4.98. The molecule has 6 nitrogen and oxygen atoms in total. The normalized spacial score (nSPS) is 22.1. The van der Waals surface area contributed by atoms with Gasteiger partial charge in [-0.15, -0.1) is 0 Å². The van der Waals surface area contributed by atoms with Crippen LogP contribution in [0.15, 0.2) is 18.2 Å². The molecule has 0 aliphatic carbocycles. The highest BCUT2D eigenvalue weighted by molar-refractivity contribution is 5.99. The summed E-state index contributed by atoms with van der Waals surface area (Å²) < 4.78 is 0. The van der Waals surface area contributed by atoms with Crippen LogP contribution >= 0.6 is 0 Å². The zero-order chi connectivity index (χ0) is 15.6. The van der Waals surface area contributed by atoms with Crippen molar-refractivity contribution in [2.45, 2.75) is 39.2 Å². The number of piperidine rings is 1. The Morgan fingerprint density at radius 3 is 2.76 bits per heavy atom. The van der Waals surface area contributed by atoms with Gasteiger partial charge < -0.3 is 10.6 Å². The summed E-state index contributed by atoms with van der Waals surface area (Å²) in [4.78, 5) is 24.3. The van der Waals surface area contributed by atoms with E-state index in [9.17, 15) is 14.9 Å². The molecule has 1 amide bonds. The molecule has 2 rings (SSSR count). The molecule has 114 valence electrons. The van der Waals surface area contributed by atoms with Crippen LogP contribution in [-0.2, 0) is 0 Å². The fourth-order valence-corrected chi connectivity index (χ4v) is 3.15. The van der Waals surface area contributed by atoms with Crippen LogP contribution in [0.5, 0.6) is 0 Å². The number of rotatable bonds is 4. The molecule has 21 heavy (non-hydrogen) atoms. The van der Waals surface area contributed by atoms with Crippen LogP contribution in [0.4, 0.5) is 11.4 Å². The Kier molecular flexibility index (Phi) is 4.45. The van der Waals surface area contributed by atoms with E-state index in [0.29, 0.717) is 11.6 Å². The maximum atomic E-state index is 11.4. The van der Waals surface area contributed by atoms with Crippen molar-refractivity contribution < 1.29 is 9.72 Å². The van der Waals surface area contributed by atoms with Gasteiger partial charge in [0.15, 0.2) is 0 Å². The molecule has 6 heteroatoms. The fourth-order valence-electron chi connectivity index (χ4n) is 3.15. The maximum Gasteiger partial charge on any atom is 0.305 e. The Labute approximate surface area is 124 Å². The Morgan fingerprint density at radius 2 is 2.24 bits per heavy atom. The number of nitrogens with two attached hydrogens (primary N) is 1. The SMILES string of the molecule is CCC1CCN(c2cccc(C(N)=O)c2[N+](=O)[O-])C(C)C1. The minimum Gasteiger partial charge on any atom is -0.365 e. The topological polar surface area (TPSA) is 89.5 Å². The number of para-hydroxylation sites is 1. The van der Waals surface area contributed by atoms with Gasteiger partial charge in [-0.05, 0) is 37.8 Å². The summed E-state index contributed by atoms with van der Waals surface area (Å²) >= 11 is 0. The molecule has 2 N–H and O–H groups in total. The average molecular weight is 291 g/mol. The quantitative estimate of drug-likeness (QED) is 0.682. The molecule has 0 spiro atoms. The van der Waals surface area contributed by atoms with Crippen molar-refractivity contribution in [1.29, 1.82) is 0 Å². The van der Waals surface area contributed by atoms with E-state index in [1.165, 1.54) is 6.07 Å². The van der Waals surface area contributed by atoms with E-state index in [0.717, 1.165) is 25.8 Å². The highest BCUT2D eigenvalue weighted by Gasteiger charge is 2.31. The molecule has 0 bridgehead atoms. The van der Waals surface area contributed by atoms with Crippen molar-refractivity contribution in [2.24, 2.45) is 11.7 Å². The van der Waals surface area contributed by atoms with Gasteiger partial charge in [0.1, 0.15) is 11.3 Å². The van der Waals surface area contributed by atoms with Crippen LogP contribution in [0.2, 0.25) is 0 Å². The summed E-state index contributed by atoms with van der Waals surface area (Å²) in [5.74, 6) is -0.103. The summed E-state index contributed by atoms with van der Waals surface area (Å²) in [5, 5.41) is 11.4. The molecule has 0 aromatic heterocycles. The molecule has 1 aromatic rings. The van der Waals surface area contributed by atoms with Crippen molar-refractivity contribution in [3.05, 3.63) is 33.9 Å². The Hall–Kier alpha value is -2.11. The first-order valence-corrected chi connectivity index (χ1v) is 7.29. The lowest BCUT2D eigenvalue weighted by Gasteiger charge is -2.38. The third kappa shape index (κ3) is 2.99. The number of amides is 1.